The largest absolute Gasteiger partial charge is 0.298 e. The summed E-state index contributed by atoms with van der Waals surface area (Å²) < 4.78 is 34.1. The smallest absolute Gasteiger partial charge is 0.236 e. The average Bonchev–Trinajstić information content (AvgIpc) is 2.01. The predicted molar refractivity (Wildman–Crippen MR) is 50.3 cm³/mol. The van der Waals surface area contributed by atoms with E-state index in [0.29, 0.717) is 6.29 Å². The summed E-state index contributed by atoms with van der Waals surface area (Å²) in [4.78, 5) is 10.5. The Labute approximate surface area is 84.9 Å². The first-order chi connectivity index (χ1) is 6.42. The van der Waals surface area contributed by atoms with Crippen molar-refractivity contribution in [3.8, 4) is 0 Å². The van der Waals surface area contributed by atoms with Gasteiger partial charge in [0.2, 0.25) is 9.05 Å². The van der Waals surface area contributed by atoms with Crippen LogP contribution in [-0.2, 0) is 14.8 Å². The first-order valence-corrected chi connectivity index (χ1v) is 6.06. The third-order valence-electron chi connectivity index (χ3n) is 1.56. The van der Waals surface area contributed by atoms with E-state index in [0.717, 1.165) is 12.1 Å². The van der Waals surface area contributed by atoms with Crippen LogP contribution in [-0.4, -0.2) is 14.7 Å². The van der Waals surface area contributed by atoms with Crippen molar-refractivity contribution >= 4 is 26.0 Å². The summed E-state index contributed by atoms with van der Waals surface area (Å²) in [5.41, 5.74) is 0.186. The van der Waals surface area contributed by atoms with Gasteiger partial charge in [0.05, 0.1) is 5.75 Å². The second-order valence-electron chi connectivity index (χ2n) is 2.64. The summed E-state index contributed by atoms with van der Waals surface area (Å²) in [5, 5.41) is 0. The van der Waals surface area contributed by atoms with Gasteiger partial charge in [-0.3, -0.25) is 4.79 Å². The molecule has 0 radical (unpaired) electrons. The summed E-state index contributed by atoms with van der Waals surface area (Å²) in [6.07, 6.45) is 0.455. The number of benzene rings is 1. The molecule has 0 aliphatic heterocycles. The van der Waals surface area contributed by atoms with E-state index in [1.165, 1.54) is 6.07 Å². The lowest BCUT2D eigenvalue weighted by Gasteiger charge is -2.01. The molecule has 76 valence electrons. The van der Waals surface area contributed by atoms with Crippen LogP contribution in [0, 0.1) is 5.82 Å². The van der Waals surface area contributed by atoms with E-state index in [-0.39, 0.29) is 11.1 Å². The highest BCUT2D eigenvalue weighted by Gasteiger charge is 2.11. The van der Waals surface area contributed by atoms with Gasteiger partial charge in [0.15, 0.2) is 0 Å². The molecule has 3 nitrogen and oxygen atoms in total. The van der Waals surface area contributed by atoms with Gasteiger partial charge >= 0.3 is 0 Å². The Morgan fingerprint density at radius 2 is 2.07 bits per heavy atom. The molecule has 0 unspecified atom stereocenters. The second kappa shape index (κ2) is 4.06. The van der Waals surface area contributed by atoms with Crippen LogP contribution in [0.1, 0.15) is 15.9 Å². The van der Waals surface area contributed by atoms with Gasteiger partial charge in [0.25, 0.3) is 0 Å². The van der Waals surface area contributed by atoms with E-state index < -0.39 is 20.6 Å². The van der Waals surface area contributed by atoms with Gasteiger partial charge < -0.3 is 0 Å². The van der Waals surface area contributed by atoms with Crippen molar-refractivity contribution in [2.75, 3.05) is 0 Å². The minimum Gasteiger partial charge on any atom is -0.298 e. The summed E-state index contributed by atoms with van der Waals surface area (Å²) in [5.74, 6) is -1.16. The number of carbonyl (C=O) groups is 1. The van der Waals surface area contributed by atoms with Gasteiger partial charge in [0.1, 0.15) is 12.1 Å². The zero-order valence-electron chi connectivity index (χ0n) is 6.91. The first-order valence-electron chi connectivity index (χ1n) is 3.58. The number of halogens is 2. The van der Waals surface area contributed by atoms with Crippen LogP contribution in [0.2, 0.25) is 0 Å². The van der Waals surface area contributed by atoms with Crippen LogP contribution < -0.4 is 0 Å². The quantitative estimate of drug-likeness (QED) is 0.593. The number of hydrogen-bond donors (Lipinski definition) is 0. The number of carbonyl (C=O) groups excluding carboxylic acids is 1. The maximum Gasteiger partial charge on any atom is 0.236 e. The molecule has 0 atom stereocenters. The van der Waals surface area contributed by atoms with Gasteiger partial charge in [0, 0.05) is 16.2 Å². The highest BCUT2D eigenvalue weighted by atomic mass is 35.7. The molecule has 1 aromatic rings. The van der Waals surface area contributed by atoms with Crippen molar-refractivity contribution in [2.24, 2.45) is 0 Å². The highest BCUT2D eigenvalue weighted by molar-refractivity contribution is 8.13. The molecular formula is C8H6ClFO3S. The summed E-state index contributed by atoms with van der Waals surface area (Å²) >= 11 is 0. The van der Waals surface area contributed by atoms with Gasteiger partial charge in [-0.1, -0.05) is 0 Å². The van der Waals surface area contributed by atoms with Crippen molar-refractivity contribution in [2.45, 2.75) is 5.75 Å². The summed E-state index contributed by atoms with van der Waals surface area (Å²) in [6.45, 7) is 0. The Morgan fingerprint density at radius 1 is 1.43 bits per heavy atom. The highest BCUT2D eigenvalue weighted by Crippen LogP contribution is 2.15. The molecule has 1 rings (SSSR count). The Kier molecular flexibility index (Phi) is 3.23. The summed E-state index contributed by atoms with van der Waals surface area (Å²) in [6, 6.07) is 3.26. The zero-order chi connectivity index (χ0) is 10.8. The standard InChI is InChI=1S/C8H6ClFO3S/c9-14(12,13)5-7-3-8(10)2-1-6(7)4-11/h1-4H,5H2. The minimum absolute atomic E-state index is 0.0648. The molecule has 0 saturated carbocycles. The fraction of sp³-hybridized carbons (Fsp3) is 0.125. The molecule has 0 amide bonds. The topological polar surface area (TPSA) is 51.2 Å². The van der Waals surface area contributed by atoms with E-state index in [1.807, 2.05) is 0 Å². The molecule has 1 aromatic carbocycles. The molecule has 0 aromatic heterocycles. The van der Waals surface area contributed by atoms with Crippen molar-refractivity contribution < 1.29 is 17.6 Å². The third-order valence-corrected chi connectivity index (χ3v) is 2.54. The first kappa shape index (κ1) is 11.1. The van der Waals surface area contributed by atoms with Crippen LogP contribution in [0.25, 0.3) is 0 Å². The van der Waals surface area contributed by atoms with Gasteiger partial charge in [-0.05, 0) is 23.8 Å². The fourth-order valence-corrected chi connectivity index (χ4v) is 1.97. The number of rotatable bonds is 3. The zero-order valence-corrected chi connectivity index (χ0v) is 8.48. The molecule has 0 fully saturated rings. The lowest BCUT2D eigenvalue weighted by molar-refractivity contribution is 0.112. The van der Waals surface area contributed by atoms with E-state index >= 15 is 0 Å². The van der Waals surface area contributed by atoms with Crippen LogP contribution in [0.15, 0.2) is 18.2 Å². The van der Waals surface area contributed by atoms with Crippen LogP contribution in [0.5, 0.6) is 0 Å². The van der Waals surface area contributed by atoms with E-state index in [4.69, 9.17) is 10.7 Å². The number of aldehydes is 1. The Hall–Kier alpha value is -0.940. The Bertz CT molecular complexity index is 456. The van der Waals surface area contributed by atoms with Crippen molar-refractivity contribution in [1.82, 2.24) is 0 Å². The lowest BCUT2D eigenvalue weighted by atomic mass is 10.1. The molecule has 0 heterocycles. The van der Waals surface area contributed by atoms with Gasteiger partial charge in [-0.25, -0.2) is 12.8 Å². The molecule has 0 N–H and O–H groups in total. The van der Waals surface area contributed by atoms with Crippen molar-refractivity contribution in [1.29, 1.82) is 0 Å². The monoisotopic (exact) mass is 236 g/mol. The van der Waals surface area contributed by atoms with Gasteiger partial charge in [-0.2, -0.15) is 0 Å². The molecule has 14 heavy (non-hydrogen) atoms. The SMILES string of the molecule is O=Cc1ccc(F)cc1CS(=O)(=O)Cl. The maximum absolute atomic E-state index is 12.7. The van der Waals surface area contributed by atoms with E-state index in [1.54, 1.807) is 0 Å². The molecule has 0 saturated heterocycles. The Balaban J connectivity index is 3.18. The van der Waals surface area contributed by atoms with Crippen LogP contribution in [0.4, 0.5) is 4.39 Å². The van der Waals surface area contributed by atoms with Crippen LogP contribution in [0.3, 0.4) is 0 Å². The van der Waals surface area contributed by atoms with Gasteiger partial charge in [-0.15, -0.1) is 0 Å². The Morgan fingerprint density at radius 3 is 2.57 bits per heavy atom. The molecule has 0 aliphatic rings. The molecular weight excluding hydrogens is 231 g/mol. The molecule has 6 heteroatoms. The van der Waals surface area contributed by atoms with E-state index in [9.17, 15) is 17.6 Å². The number of hydrogen-bond acceptors (Lipinski definition) is 3. The third kappa shape index (κ3) is 3.08. The molecule has 0 aliphatic carbocycles. The summed E-state index contributed by atoms with van der Waals surface area (Å²) in [7, 11) is 1.20. The minimum atomic E-state index is -3.78. The average molecular weight is 237 g/mol. The lowest BCUT2D eigenvalue weighted by Crippen LogP contribution is -2.00. The maximum atomic E-state index is 12.7. The normalized spacial score (nSPS) is 11.3. The van der Waals surface area contributed by atoms with Crippen molar-refractivity contribution in [3.05, 3.63) is 35.1 Å². The van der Waals surface area contributed by atoms with Crippen LogP contribution >= 0.6 is 10.7 Å². The predicted octanol–water partition coefficient (Wildman–Crippen LogP) is 1.71. The van der Waals surface area contributed by atoms with Crippen molar-refractivity contribution in [3.63, 3.8) is 0 Å². The fourth-order valence-electron chi connectivity index (χ4n) is 1.00. The molecule has 0 bridgehead atoms. The molecule has 0 spiro atoms. The second-order valence-corrected chi connectivity index (χ2v) is 5.42. The van der Waals surface area contributed by atoms with E-state index in [2.05, 4.69) is 0 Å².